The number of sulfonamides is 1. The molecule has 1 heterocycles. The zero-order valence-corrected chi connectivity index (χ0v) is 17.5. The molecule has 2 aromatic rings. The average Bonchev–Trinajstić information content (AvgIpc) is 2.74. The van der Waals surface area contributed by atoms with Crippen molar-refractivity contribution in [2.75, 3.05) is 19.7 Å². The first-order valence-electron chi connectivity index (χ1n) is 9.86. The summed E-state index contributed by atoms with van der Waals surface area (Å²) in [4.78, 5) is 12.1. The minimum atomic E-state index is -3.84. The number of halogens is 1. The molecular formula is C22H26FNO4S. The average molecular weight is 420 g/mol. The Morgan fingerprint density at radius 2 is 1.76 bits per heavy atom. The second-order valence-corrected chi connectivity index (χ2v) is 9.05. The van der Waals surface area contributed by atoms with Crippen molar-refractivity contribution < 1.29 is 22.3 Å². The molecule has 0 amide bonds. The summed E-state index contributed by atoms with van der Waals surface area (Å²) in [6, 6.07) is 14.7. The van der Waals surface area contributed by atoms with E-state index in [-0.39, 0.29) is 37.4 Å². The fraction of sp³-hybridized carbons (Fsp3) is 0.409. The zero-order valence-electron chi connectivity index (χ0n) is 16.7. The number of carbonyl (C=O) groups excluding carboxylic acids is 1. The van der Waals surface area contributed by atoms with Crippen molar-refractivity contribution >= 4 is 16.0 Å². The van der Waals surface area contributed by atoms with Crippen molar-refractivity contribution in [2.24, 2.45) is 0 Å². The maximum absolute atomic E-state index is 14.9. The van der Waals surface area contributed by atoms with E-state index in [0.29, 0.717) is 5.56 Å². The molecule has 1 aliphatic heterocycles. The Balaban J connectivity index is 1.92. The molecule has 5 nitrogen and oxygen atoms in total. The van der Waals surface area contributed by atoms with E-state index in [9.17, 15) is 17.6 Å². The highest BCUT2D eigenvalue weighted by molar-refractivity contribution is 7.89. The first-order valence-corrected chi connectivity index (χ1v) is 11.3. The molecule has 1 fully saturated rings. The number of hydrogen-bond acceptors (Lipinski definition) is 4. The molecule has 0 aromatic heterocycles. The van der Waals surface area contributed by atoms with Crippen LogP contribution in [0.4, 0.5) is 4.39 Å². The Hall–Kier alpha value is -2.25. The van der Waals surface area contributed by atoms with Crippen molar-refractivity contribution in [3.8, 4) is 11.1 Å². The topological polar surface area (TPSA) is 63.7 Å². The summed E-state index contributed by atoms with van der Waals surface area (Å²) in [5.41, 5.74) is 0.347. The summed E-state index contributed by atoms with van der Waals surface area (Å²) in [7, 11) is -3.84. The van der Waals surface area contributed by atoms with Gasteiger partial charge in [-0.15, -0.1) is 0 Å². The van der Waals surface area contributed by atoms with Gasteiger partial charge in [0.2, 0.25) is 15.7 Å². The van der Waals surface area contributed by atoms with E-state index in [1.165, 1.54) is 4.31 Å². The van der Waals surface area contributed by atoms with Crippen LogP contribution in [0.1, 0.15) is 32.3 Å². The second-order valence-electron chi connectivity index (χ2n) is 7.14. The summed E-state index contributed by atoms with van der Waals surface area (Å²) < 4.78 is 47.7. The van der Waals surface area contributed by atoms with Crippen molar-refractivity contribution in [1.82, 2.24) is 4.31 Å². The Morgan fingerprint density at radius 3 is 2.34 bits per heavy atom. The molecule has 1 saturated heterocycles. The van der Waals surface area contributed by atoms with Crippen molar-refractivity contribution in [2.45, 2.75) is 43.7 Å². The fourth-order valence-corrected chi connectivity index (χ4v) is 5.19. The second kappa shape index (κ2) is 8.63. The number of nitrogens with zero attached hydrogens (tertiary/aromatic N) is 1. The molecule has 29 heavy (non-hydrogen) atoms. The Kier molecular flexibility index (Phi) is 6.39. The Bertz CT molecular complexity index is 968. The number of carbonyl (C=O) groups is 1. The summed E-state index contributed by atoms with van der Waals surface area (Å²) in [6.45, 7) is 3.59. The van der Waals surface area contributed by atoms with Crippen LogP contribution in [0.3, 0.4) is 0 Å². The fourth-order valence-electron chi connectivity index (χ4n) is 3.55. The molecule has 0 spiro atoms. The van der Waals surface area contributed by atoms with Crippen LogP contribution in [0.5, 0.6) is 0 Å². The number of alkyl halides is 1. The van der Waals surface area contributed by atoms with Crippen LogP contribution < -0.4 is 0 Å². The minimum Gasteiger partial charge on any atom is -0.464 e. The molecule has 2 aromatic carbocycles. The van der Waals surface area contributed by atoms with Gasteiger partial charge in [0.05, 0.1) is 11.5 Å². The van der Waals surface area contributed by atoms with Gasteiger partial charge in [0.1, 0.15) is 0 Å². The number of aryl methyl sites for hydroxylation is 1. The van der Waals surface area contributed by atoms with Gasteiger partial charge in [0, 0.05) is 31.5 Å². The summed E-state index contributed by atoms with van der Waals surface area (Å²) in [6.07, 6.45) is 0.366. The van der Waals surface area contributed by atoms with Gasteiger partial charge in [-0.3, -0.25) is 0 Å². The maximum atomic E-state index is 14.9. The van der Waals surface area contributed by atoms with Crippen molar-refractivity contribution in [1.29, 1.82) is 0 Å². The van der Waals surface area contributed by atoms with Gasteiger partial charge in [0.25, 0.3) is 0 Å². The van der Waals surface area contributed by atoms with Gasteiger partial charge in [-0.2, -0.15) is 4.31 Å². The largest absolute Gasteiger partial charge is 0.464 e. The van der Waals surface area contributed by atoms with Crippen LogP contribution in [0, 0.1) is 0 Å². The first kappa shape index (κ1) is 21.5. The summed E-state index contributed by atoms with van der Waals surface area (Å²) >= 11 is 0. The van der Waals surface area contributed by atoms with E-state index >= 15 is 0 Å². The molecule has 156 valence electrons. The lowest BCUT2D eigenvalue weighted by Gasteiger charge is -2.34. The standard InChI is InChI=1S/C22H26FNO4S/c1-3-17-10-11-20(19(16-17)18-8-6-5-7-9-18)29(26,27)24-14-12-22(23,13-15-24)21(25)28-4-2/h5-11,16H,3-4,12-15H2,1-2H3. The van der Waals surface area contributed by atoms with Gasteiger partial charge >= 0.3 is 5.97 Å². The van der Waals surface area contributed by atoms with E-state index in [2.05, 4.69) is 0 Å². The monoisotopic (exact) mass is 419 g/mol. The molecule has 0 N–H and O–H groups in total. The number of piperidine rings is 1. The molecule has 0 aliphatic carbocycles. The predicted octanol–water partition coefficient (Wildman–Crippen LogP) is 3.97. The Labute approximate surface area is 171 Å². The molecule has 0 radical (unpaired) electrons. The number of esters is 1. The number of benzene rings is 2. The number of ether oxygens (including phenoxy) is 1. The van der Waals surface area contributed by atoms with Crippen molar-refractivity contribution in [3.05, 3.63) is 54.1 Å². The lowest BCUT2D eigenvalue weighted by Crippen LogP contribution is -2.49. The van der Waals surface area contributed by atoms with Gasteiger partial charge in [-0.1, -0.05) is 43.3 Å². The molecule has 0 atom stereocenters. The summed E-state index contributed by atoms with van der Waals surface area (Å²) in [5.74, 6) is -0.908. The van der Waals surface area contributed by atoms with Crippen molar-refractivity contribution in [3.63, 3.8) is 0 Å². The number of hydrogen-bond donors (Lipinski definition) is 0. The van der Waals surface area contributed by atoms with Crippen LogP contribution in [0.25, 0.3) is 11.1 Å². The van der Waals surface area contributed by atoms with Gasteiger partial charge in [0.15, 0.2) is 0 Å². The van der Waals surface area contributed by atoms with E-state index in [1.807, 2.05) is 43.3 Å². The molecule has 1 aliphatic rings. The quantitative estimate of drug-likeness (QED) is 0.665. The molecule has 0 unspecified atom stereocenters. The lowest BCUT2D eigenvalue weighted by molar-refractivity contribution is -0.160. The van der Waals surface area contributed by atoms with Gasteiger partial charge in [-0.25, -0.2) is 17.6 Å². The highest BCUT2D eigenvalue weighted by atomic mass is 32.2. The van der Waals surface area contributed by atoms with E-state index in [1.54, 1.807) is 19.1 Å². The maximum Gasteiger partial charge on any atom is 0.343 e. The van der Waals surface area contributed by atoms with Crippen LogP contribution in [-0.4, -0.2) is 44.1 Å². The normalized spacial score (nSPS) is 17.1. The first-order chi connectivity index (χ1) is 13.8. The Morgan fingerprint density at radius 1 is 1.10 bits per heavy atom. The molecule has 0 saturated carbocycles. The molecule has 3 rings (SSSR count). The highest BCUT2D eigenvalue weighted by Crippen LogP contribution is 2.35. The van der Waals surface area contributed by atoms with E-state index in [4.69, 9.17) is 4.74 Å². The third-order valence-electron chi connectivity index (χ3n) is 5.31. The van der Waals surface area contributed by atoms with Gasteiger partial charge in [-0.05, 0) is 36.6 Å². The highest BCUT2D eigenvalue weighted by Gasteiger charge is 2.45. The number of rotatable bonds is 6. The SMILES string of the molecule is CCOC(=O)C1(F)CCN(S(=O)(=O)c2ccc(CC)cc2-c2ccccc2)CC1. The third kappa shape index (κ3) is 4.36. The predicted molar refractivity (Wildman–Crippen MR) is 110 cm³/mol. The van der Waals surface area contributed by atoms with Crippen LogP contribution in [0.2, 0.25) is 0 Å². The van der Waals surface area contributed by atoms with E-state index < -0.39 is 21.7 Å². The summed E-state index contributed by atoms with van der Waals surface area (Å²) in [5, 5.41) is 0. The van der Waals surface area contributed by atoms with Crippen LogP contribution >= 0.6 is 0 Å². The lowest BCUT2D eigenvalue weighted by atomic mass is 9.95. The van der Waals surface area contributed by atoms with E-state index in [0.717, 1.165) is 17.5 Å². The smallest absolute Gasteiger partial charge is 0.343 e. The van der Waals surface area contributed by atoms with Crippen LogP contribution in [0.15, 0.2) is 53.4 Å². The van der Waals surface area contributed by atoms with Gasteiger partial charge < -0.3 is 4.74 Å². The molecule has 0 bridgehead atoms. The zero-order chi connectivity index (χ0) is 21.1. The third-order valence-corrected chi connectivity index (χ3v) is 7.27. The molecular weight excluding hydrogens is 393 g/mol. The molecule has 7 heteroatoms. The van der Waals surface area contributed by atoms with Crippen LogP contribution in [-0.2, 0) is 26.0 Å². The minimum absolute atomic E-state index is 0.0680.